The van der Waals surface area contributed by atoms with Gasteiger partial charge in [-0.2, -0.15) is 5.26 Å². The molecule has 72 valence electrons. The van der Waals surface area contributed by atoms with Crippen molar-refractivity contribution in [3.8, 4) is 6.07 Å². The van der Waals surface area contributed by atoms with Crippen LogP contribution in [-0.2, 0) is 4.79 Å². The Kier molecular flexibility index (Phi) is 3.02. The number of amides is 1. The number of pyridine rings is 1. The first-order chi connectivity index (χ1) is 6.63. The average Bonchev–Trinajstić information content (AvgIpc) is 2.17. The van der Waals surface area contributed by atoms with Crippen LogP contribution in [0.1, 0.15) is 5.69 Å². The number of hydrogen-bond donors (Lipinski definition) is 1. The fourth-order valence-corrected chi connectivity index (χ4v) is 1.00. The van der Waals surface area contributed by atoms with E-state index in [2.05, 4.69) is 4.98 Å². The molecular weight excluding hydrogens is 180 g/mol. The van der Waals surface area contributed by atoms with Crippen LogP contribution < -0.4 is 10.6 Å². The molecule has 0 aliphatic heterocycles. The Morgan fingerprint density at radius 2 is 2.43 bits per heavy atom. The van der Waals surface area contributed by atoms with Gasteiger partial charge in [0.05, 0.1) is 18.4 Å². The van der Waals surface area contributed by atoms with Crippen molar-refractivity contribution in [2.24, 2.45) is 5.73 Å². The standard InChI is InChI=1S/C9H10N4O/c1-13(6-9(11)14)8-3-2-7(4-10)12-5-8/h2-3,5H,6H2,1H3,(H2,11,14). The smallest absolute Gasteiger partial charge is 0.236 e. The molecule has 0 radical (unpaired) electrons. The minimum Gasteiger partial charge on any atom is -0.368 e. The van der Waals surface area contributed by atoms with Gasteiger partial charge < -0.3 is 10.6 Å². The molecule has 1 amide bonds. The second kappa shape index (κ2) is 4.23. The first kappa shape index (κ1) is 9.99. The summed E-state index contributed by atoms with van der Waals surface area (Å²) in [6.07, 6.45) is 1.53. The highest BCUT2D eigenvalue weighted by Gasteiger charge is 2.04. The number of likely N-dealkylation sites (N-methyl/N-ethyl adjacent to an activating group) is 1. The van der Waals surface area contributed by atoms with E-state index in [1.54, 1.807) is 24.1 Å². The van der Waals surface area contributed by atoms with Gasteiger partial charge in [-0.05, 0) is 12.1 Å². The zero-order valence-corrected chi connectivity index (χ0v) is 7.77. The normalized spacial score (nSPS) is 9.14. The molecule has 2 N–H and O–H groups in total. The van der Waals surface area contributed by atoms with E-state index in [4.69, 9.17) is 11.0 Å². The van der Waals surface area contributed by atoms with E-state index >= 15 is 0 Å². The monoisotopic (exact) mass is 190 g/mol. The van der Waals surface area contributed by atoms with Crippen LogP contribution in [0.5, 0.6) is 0 Å². The van der Waals surface area contributed by atoms with Gasteiger partial charge in [-0.25, -0.2) is 4.98 Å². The summed E-state index contributed by atoms with van der Waals surface area (Å²) in [6.45, 7) is 0.133. The van der Waals surface area contributed by atoms with Crippen molar-refractivity contribution in [3.63, 3.8) is 0 Å². The van der Waals surface area contributed by atoms with Gasteiger partial charge in [0.1, 0.15) is 11.8 Å². The number of anilines is 1. The number of nitriles is 1. The molecule has 0 spiro atoms. The first-order valence-corrected chi connectivity index (χ1v) is 3.99. The number of primary amides is 1. The van der Waals surface area contributed by atoms with Crippen LogP contribution in [0.2, 0.25) is 0 Å². The Labute approximate surface area is 81.8 Å². The van der Waals surface area contributed by atoms with E-state index in [1.807, 2.05) is 6.07 Å². The van der Waals surface area contributed by atoms with Crippen molar-refractivity contribution in [2.75, 3.05) is 18.5 Å². The van der Waals surface area contributed by atoms with Crippen LogP contribution in [-0.4, -0.2) is 24.5 Å². The van der Waals surface area contributed by atoms with Crippen molar-refractivity contribution in [1.82, 2.24) is 4.98 Å². The van der Waals surface area contributed by atoms with Gasteiger partial charge in [-0.15, -0.1) is 0 Å². The summed E-state index contributed by atoms with van der Waals surface area (Å²) in [5, 5.41) is 8.51. The molecule has 0 unspecified atom stereocenters. The summed E-state index contributed by atoms with van der Waals surface area (Å²) >= 11 is 0. The van der Waals surface area contributed by atoms with Gasteiger partial charge >= 0.3 is 0 Å². The molecular formula is C9H10N4O. The number of nitrogens with two attached hydrogens (primary N) is 1. The van der Waals surface area contributed by atoms with E-state index in [9.17, 15) is 4.79 Å². The van der Waals surface area contributed by atoms with E-state index in [1.165, 1.54) is 6.20 Å². The number of carbonyl (C=O) groups excluding carboxylic acids is 1. The summed E-state index contributed by atoms with van der Waals surface area (Å²) in [7, 11) is 1.73. The lowest BCUT2D eigenvalue weighted by atomic mass is 10.3. The molecule has 0 atom stereocenters. The SMILES string of the molecule is CN(CC(N)=O)c1ccc(C#N)nc1. The van der Waals surface area contributed by atoms with Crippen LogP contribution in [0.15, 0.2) is 18.3 Å². The van der Waals surface area contributed by atoms with E-state index in [-0.39, 0.29) is 6.54 Å². The quantitative estimate of drug-likeness (QED) is 0.720. The third-order valence-corrected chi connectivity index (χ3v) is 1.70. The fourth-order valence-electron chi connectivity index (χ4n) is 1.00. The van der Waals surface area contributed by atoms with Gasteiger partial charge in [0, 0.05) is 7.05 Å². The van der Waals surface area contributed by atoms with Crippen molar-refractivity contribution in [2.45, 2.75) is 0 Å². The molecule has 5 nitrogen and oxygen atoms in total. The van der Waals surface area contributed by atoms with Gasteiger partial charge in [-0.3, -0.25) is 4.79 Å². The van der Waals surface area contributed by atoms with Crippen LogP contribution >= 0.6 is 0 Å². The van der Waals surface area contributed by atoms with Crippen LogP contribution in [0.3, 0.4) is 0 Å². The molecule has 0 aliphatic rings. The lowest BCUT2D eigenvalue weighted by Crippen LogP contribution is -2.30. The van der Waals surface area contributed by atoms with E-state index in [0.29, 0.717) is 5.69 Å². The third-order valence-electron chi connectivity index (χ3n) is 1.70. The molecule has 14 heavy (non-hydrogen) atoms. The van der Waals surface area contributed by atoms with Gasteiger partial charge in [0.2, 0.25) is 5.91 Å². The summed E-state index contributed by atoms with van der Waals surface area (Å²) in [4.78, 5) is 16.1. The summed E-state index contributed by atoms with van der Waals surface area (Å²) in [6, 6.07) is 5.22. The molecule has 0 aliphatic carbocycles. The molecule has 0 saturated carbocycles. The zero-order chi connectivity index (χ0) is 10.6. The number of aromatic nitrogens is 1. The molecule has 0 aromatic carbocycles. The van der Waals surface area contributed by atoms with Crippen molar-refractivity contribution in [1.29, 1.82) is 5.26 Å². The molecule has 1 heterocycles. The van der Waals surface area contributed by atoms with E-state index in [0.717, 1.165) is 5.69 Å². The molecule has 0 fully saturated rings. The number of hydrogen-bond acceptors (Lipinski definition) is 4. The molecule has 0 bridgehead atoms. The Morgan fingerprint density at radius 3 is 2.86 bits per heavy atom. The molecule has 0 saturated heterocycles. The third kappa shape index (κ3) is 2.45. The maximum atomic E-state index is 10.6. The Balaban J connectivity index is 2.77. The predicted octanol–water partition coefficient (Wildman–Crippen LogP) is -0.125. The maximum absolute atomic E-state index is 10.6. The number of carbonyl (C=O) groups is 1. The molecule has 1 aromatic rings. The van der Waals surface area contributed by atoms with Crippen LogP contribution in [0, 0.1) is 11.3 Å². The highest BCUT2D eigenvalue weighted by Crippen LogP contribution is 2.09. The van der Waals surface area contributed by atoms with Gasteiger partial charge in [0.15, 0.2) is 0 Å². The second-order valence-corrected chi connectivity index (χ2v) is 2.84. The highest BCUT2D eigenvalue weighted by atomic mass is 16.1. The minimum atomic E-state index is -0.406. The maximum Gasteiger partial charge on any atom is 0.236 e. The van der Waals surface area contributed by atoms with Crippen molar-refractivity contribution < 1.29 is 4.79 Å². The first-order valence-electron chi connectivity index (χ1n) is 3.99. The van der Waals surface area contributed by atoms with Crippen LogP contribution in [0.25, 0.3) is 0 Å². The lowest BCUT2D eigenvalue weighted by molar-refractivity contribution is -0.116. The lowest BCUT2D eigenvalue weighted by Gasteiger charge is -2.16. The topological polar surface area (TPSA) is 83.0 Å². The molecule has 5 heteroatoms. The summed E-state index contributed by atoms with van der Waals surface area (Å²) in [5.74, 6) is -0.406. The minimum absolute atomic E-state index is 0.133. The number of rotatable bonds is 3. The predicted molar refractivity (Wildman–Crippen MR) is 51.4 cm³/mol. The highest BCUT2D eigenvalue weighted by molar-refractivity contribution is 5.79. The van der Waals surface area contributed by atoms with Gasteiger partial charge in [0.25, 0.3) is 0 Å². The Bertz CT molecular complexity index is 365. The molecule has 1 aromatic heterocycles. The second-order valence-electron chi connectivity index (χ2n) is 2.84. The van der Waals surface area contributed by atoms with Crippen molar-refractivity contribution >= 4 is 11.6 Å². The largest absolute Gasteiger partial charge is 0.368 e. The number of nitrogens with zero attached hydrogens (tertiary/aromatic N) is 3. The fraction of sp³-hybridized carbons (Fsp3) is 0.222. The molecule has 1 rings (SSSR count). The van der Waals surface area contributed by atoms with E-state index < -0.39 is 5.91 Å². The summed E-state index contributed by atoms with van der Waals surface area (Å²) in [5.41, 5.74) is 6.13. The van der Waals surface area contributed by atoms with Crippen LogP contribution in [0.4, 0.5) is 5.69 Å². The summed E-state index contributed by atoms with van der Waals surface area (Å²) < 4.78 is 0. The van der Waals surface area contributed by atoms with Crippen molar-refractivity contribution in [3.05, 3.63) is 24.0 Å². The Hall–Kier alpha value is -2.09. The van der Waals surface area contributed by atoms with Gasteiger partial charge in [-0.1, -0.05) is 0 Å². The average molecular weight is 190 g/mol. The zero-order valence-electron chi connectivity index (χ0n) is 7.77. The Morgan fingerprint density at radius 1 is 1.71 bits per heavy atom.